The number of hydrogen-bond donors (Lipinski definition) is 2. The van der Waals surface area contributed by atoms with Gasteiger partial charge in [-0.3, -0.25) is 0 Å². The van der Waals surface area contributed by atoms with Crippen LogP contribution in [0.2, 0.25) is 0 Å². The van der Waals surface area contributed by atoms with Gasteiger partial charge < -0.3 is 14.9 Å². The van der Waals surface area contributed by atoms with Crippen molar-refractivity contribution in [3.8, 4) is 0 Å². The topological polar surface area (TPSA) is 56.2 Å². The lowest BCUT2D eigenvalue weighted by Gasteiger charge is -2.42. The molecule has 0 spiro atoms. The lowest BCUT2D eigenvalue weighted by molar-refractivity contribution is -0.201. The van der Waals surface area contributed by atoms with Crippen molar-refractivity contribution in [2.24, 2.45) is 0 Å². The summed E-state index contributed by atoms with van der Waals surface area (Å²) in [6, 6.07) is 0. The van der Waals surface area contributed by atoms with Crippen molar-refractivity contribution in [3.05, 3.63) is 0 Å². The Hall–Kier alpha value is -0.160. The summed E-state index contributed by atoms with van der Waals surface area (Å²) in [6.07, 6.45) is 0.165. The van der Waals surface area contributed by atoms with Gasteiger partial charge in [0.2, 0.25) is 0 Å². The quantitative estimate of drug-likeness (QED) is 0.488. The molecular weight excluding hydrogens is 170 g/mol. The van der Waals surface area contributed by atoms with Crippen molar-refractivity contribution in [3.63, 3.8) is 0 Å². The molecule has 13 heavy (non-hydrogen) atoms. The molecule has 1 aliphatic heterocycles. The number of rotatable bonds is 4. The van der Waals surface area contributed by atoms with Gasteiger partial charge in [-0.25, -0.2) is 4.90 Å². The summed E-state index contributed by atoms with van der Waals surface area (Å²) in [5.41, 5.74) is -2.05. The molecular formula is C9H19NO3. The van der Waals surface area contributed by atoms with Crippen molar-refractivity contribution in [1.29, 1.82) is 0 Å². The lowest BCUT2D eigenvalue weighted by atomic mass is 10.1. The van der Waals surface area contributed by atoms with Crippen LogP contribution >= 0.6 is 0 Å². The van der Waals surface area contributed by atoms with Crippen LogP contribution in [0.5, 0.6) is 0 Å². The molecule has 2 N–H and O–H groups in total. The van der Waals surface area contributed by atoms with Crippen LogP contribution in [0.15, 0.2) is 0 Å². The molecule has 4 nitrogen and oxygen atoms in total. The fraction of sp³-hybridized carbons (Fsp3) is 1.00. The highest BCUT2D eigenvalue weighted by Crippen LogP contribution is 2.24. The van der Waals surface area contributed by atoms with E-state index in [1.165, 1.54) is 0 Å². The number of nitrogens with zero attached hydrogens (tertiary/aromatic N) is 1. The number of epoxide rings is 1. The number of aliphatic hydroxyl groups is 2. The first-order valence-electron chi connectivity index (χ1n) is 4.55. The summed E-state index contributed by atoms with van der Waals surface area (Å²) in [5.74, 6) is 0. The van der Waals surface area contributed by atoms with Gasteiger partial charge in [0.1, 0.15) is 11.4 Å². The van der Waals surface area contributed by atoms with Gasteiger partial charge in [0.15, 0.2) is 0 Å². The third-order valence-electron chi connectivity index (χ3n) is 2.11. The Morgan fingerprint density at radius 2 is 1.62 bits per heavy atom. The molecule has 0 aliphatic carbocycles. The van der Waals surface area contributed by atoms with Gasteiger partial charge >= 0.3 is 0 Å². The Bertz CT molecular complexity index is 162. The van der Waals surface area contributed by atoms with Gasteiger partial charge in [0.25, 0.3) is 0 Å². The molecule has 0 radical (unpaired) electrons. The van der Waals surface area contributed by atoms with Crippen molar-refractivity contribution in [1.82, 2.24) is 4.90 Å². The Balaban J connectivity index is 2.63. The van der Waals surface area contributed by atoms with Gasteiger partial charge in [-0.2, -0.15) is 0 Å². The average Bonchev–Trinajstić information content (AvgIpc) is 2.58. The predicted octanol–water partition coefficient (Wildman–Crippen LogP) is 0.144. The van der Waals surface area contributed by atoms with Crippen LogP contribution in [0, 0.1) is 0 Å². The molecule has 0 aromatic heterocycles. The van der Waals surface area contributed by atoms with Crippen LogP contribution < -0.4 is 0 Å². The van der Waals surface area contributed by atoms with E-state index in [9.17, 15) is 10.2 Å². The van der Waals surface area contributed by atoms with Crippen LogP contribution in [0.4, 0.5) is 0 Å². The van der Waals surface area contributed by atoms with Gasteiger partial charge in [-0.1, -0.05) is 0 Å². The second-order valence-corrected chi connectivity index (χ2v) is 4.55. The normalized spacial score (nSPS) is 23.8. The molecule has 1 unspecified atom stereocenters. The highest BCUT2D eigenvalue weighted by atomic mass is 16.6. The monoisotopic (exact) mass is 189 g/mol. The van der Waals surface area contributed by atoms with E-state index in [1.807, 2.05) is 0 Å². The second kappa shape index (κ2) is 3.20. The van der Waals surface area contributed by atoms with Crippen LogP contribution in [-0.2, 0) is 4.74 Å². The molecule has 78 valence electrons. The van der Waals surface area contributed by atoms with E-state index >= 15 is 0 Å². The van der Waals surface area contributed by atoms with E-state index < -0.39 is 11.4 Å². The Labute approximate surface area is 79.1 Å². The Kier molecular flexibility index (Phi) is 2.69. The van der Waals surface area contributed by atoms with Crippen LogP contribution in [-0.4, -0.2) is 45.8 Å². The smallest absolute Gasteiger partial charge is 0.115 e. The predicted molar refractivity (Wildman–Crippen MR) is 49.0 cm³/mol. The van der Waals surface area contributed by atoms with Gasteiger partial charge in [0.05, 0.1) is 12.7 Å². The zero-order valence-corrected chi connectivity index (χ0v) is 8.74. The summed E-state index contributed by atoms with van der Waals surface area (Å²) in [6.45, 7) is 7.93. The van der Waals surface area contributed by atoms with Gasteiger partial charge in [0, 0.05) is 6.54 Å². The maximum atomic E-state index is 9.80. The Morgan fingerprint density at radius 3 is 1.85 bits per heavy atom. The van der Waals surface area contributed by atoms with Crippen molar-refractivity contribution in [2.75, 3.05) is 13.2 Å². The minimum absolute atomic E-state index is 0.165. The number of ether oxygens (including phenoxy) is 1. The minimum atomic E-state index is -1.02. The summed E-state index contributed by atoms with van der Waals surface area (Å²) in [4.78, 5) is 1.62. The highest BCUT2D eigenvalue weighted by molar-refractivity contribution is 4.84. The van der Waals surface area contributed by atoms with Crippen molar-refractivity contribution < 1.29 is 14.9 Å². The van der Waals surface area contributed by atoms with Crippen LogP contribution in [0.25, 0.3) is 0 Å². The third kappa shape index (κ3) is 3.23. The SMILES string of the molecule is CC(C)(O)N(CC1CO1)C(C)(C)O. The van der Waals surface area contributed by atoms with Crippen molar-refractivity contribution >= 4 is 0 Å². The van der Waals surface area contributed by atoms with E-state index in [4.69, 9.17) is 4.74 Å². The average molecular weight is 189 g/mol. The first-order chi connectivity index (χ1) is 5.71. The molecule has 0 amide bonds. The summed E-state index contributed by atoms with van der Waals surface area (Å²) in [7, 11) is 0. The molecule has 1 heterocycles. The minimum Gasteiger partial charge on any atom is -0.376 e. The highest BCUT2D eigenvalue weighted by Gasteiger charge is 2.39. The largest absolute Gasteiger partial charge is 0.376 e. The van der Waals surface area contributed by atoms with Crippen LogP contribution in [0.3, 0.4) is 0 Å². The molecule has 1 saturated heterocycles. The summed E-state index contributed by atoms with van der Waals surface area (Å²) >= 11 is 0. The molecule has 0 saturated carbocycles. The molecule has 1 aliphatic rings. The van der Waals surface area contributed by atoms with Gasteiger partial charge in [-0.05, 0) is 27.7 Å². The third-order valence-corrected chi connectivity index (χ3v) is 2.11. The van der Waals surface area contributed by atoms with Gasteiger partial charge in [-0.15, -0.1) is 0 Å². The molecule has 1 rings (SSSR count). The standard InChI is InChI=1S/C9H19NO3/c1-8(2,11)10(9(3,4)12)5-7-6-13-7/h7,11-12H,5-6H2,1-4H3. The second-order valence-electron chi connectivity index (χ2n) is 4.55. The molecule has 0 aromatic rings. The van der Waals surface area contributed by atoms with E-state index in [-0.39, 0.29) is 6.10 Å². The zero-order chi connectivity index (χ0) is 10.3. The Morgan fingerprint density at radius 1 is 1.23 bits per heavy atom. The fourth-order valence-corrected chi connectivity index (χ4v) is 1.49. The summed E-state index contributed by atoms with van der Waals surface area (Å²) < 4.78 is 5.07. The van der Waals surface area contributed by atoms with Crippen molar-refractivity contribution in [2.45, 2.75) is 45.2 Å². The fourth-order valence-electron chi connectivity index (χ4n) is 1.49. The zero-order valence-electron chi connectivity index (χ0n) is 8.74. The van der Waals surface area contributed by atoms with E-state index in [2.05, 4.69) is 0 Å². The number of hydrogen-bond acceptors (Lipinski definition) is 4. The molecule has 0 bridgehead atoms. The van der Waals surface area contributed by atoms with E-state index in [0.717, 1.165) is 6.61 Å². The molecule has 1 fully saturated rings. The molecule has 4 heteroatoms. The summed E-state index contributed by atoms with van der Waals surface area (Å²) in [5, 5.41) is 19.6. The van der Waals surface area contributed by atoms with E-state index in [0.29, 0.717) is 6.54 Å². The maximum absolute atomic E-state index is 9.80. The first-order valence-corrected chi connectivity index (χ1v) is 4.55. The lowest BCUT2D eigenvalue weighted by Crippen LogP contribution is -2.56. The first kappa shape index (κ1) is 10.9. The maximum Gasteiger partial charge on any atom is 0.115 e. The van der Waals surface area contributed by atoms with Crippen LogP contribution in [0.1, 0.15) is 27.7 Å². The molecule has 0 aromatic carbocycles. The van der Waals surface area contributed by atoms with E-state index in [1.54, 1.807) is 32.6 Å². The molecule has 1 atom stereocenters.